The van der Waals surface area contributed by atoms with Crippen molar-refractivity contribution in [1.82, 2.24) is 10.2 Å². The van der Waals surface area contributed by atoms with Gasteiger partial charge in [-0.3, -0.25) is 9.59 Å². The van der Waals surface area contributed by atoms with E-state index in [1.165, 1.54) is 12.8 Å². The highest BCUT2D eigenvalue weighted by Gasteiger charge is 2.22. The predicted molar refractivity (Wildman–Crippen MR) is 101 cm³/mol. The van der Waals surface area contributed by atoms with Crippen LogP contribution in [0.15, 0.2) is 24.3 Å². The maximum atomic E-state index is 12.3. The Morgan fingerprint density at radius 1 is 1.28 bits per heavy atom. The molecule has 1 fully saturated rings. The van der Waals surface area contributed by atoms with Crippen molar-refractivity contribution in [2.45, 2.75) is 26.2 Å². The highest BCUT2D eigenvalue weighted by Crippen LogP contribution is 2.27. The van der Waals surface area contributed by atoms with Gasteiger partial charge in [0.15, 0.2) is 0 Å². The van der Waals surface area contributed by atoms with Crippen LogP contribution >= 0.6 is 12.4 Å². The van der Waals surface area contributed by atoms with E-state index in [1.54, 1.807) is 24.1 Å². The molecule has 1 aromatic carbocycles. The Balaban J connectivity index is 0.00000312. The molecule has 1 aliphatic carbocycles. The normalized spacial score (nSPS) is 12.9. The molecule has 0 aliphatic heterocycles. The lowest BCUT2D eigenvalue weighted by molar-refractivity contribution is -0.133. The molecule has 6 nitrogen and oxygen atoms in total. The number of carbonyl (C=O) groups excluding carboxylic acids is 2. The van der Waals surface area contributed by atoms with Gasteiger partial charge in [0.25, 0.3) is 0 Å². The van der Waals surface area contributed by atoms with Gasteiger partial charge in [0.2, 0.25) is 11.8 Å². The first-order chi connectivity index (χ1) is 11.6. The van der Waals surface area contributed by atoms with Crippen LogP contribution in [-0.4, -0.2) is 50.0 Å². The van der Waals surface area contributed by atoms with Crippen LogP contribution in [0.4, 0.5) is 5.69 Å². The largest absolute Gasteiger partial charge is 0.495 e. The number of rotatable bonds is 10. The predicted octanol–water partition coefficient (Wildman–Crippen LogP) is 2.29. The van der Waals surface area contributed by atoms with E-state index in [0.29, 0.717) is 24.5 Å². The van der Waals surface area contributed by atoms with Gasteiger partial charge in [-0.1, -0.05) is 19.1 Å². The third-order valence-electron chi connectivity index (χ3n) is 3.97. The number of methoxy groups -OCH3 is 1. The Morgan fingerprint density at radius 2 is 2.00 bits per heavy atom. The van der Waals surface area contributed by atoms with Crippen LogP contribution in [-0.2, 0) is 9.59 Å². The summed E-state index contributed by atoms with van der Waals surface area (Å²) in [6.45, 7) is 3.80. The second-order valence-corrected chi connectivity index (χ2v) is 6.14. The molecular weight excluding hydrogens is 342 g/mol. The smallest absolute Gasteiger partial charge is 0.244 e. The van der Waals surface area contributed by atoms with Crippen molar-refractivity contribution in [3.8, 4) is 5.75 Å². The lowest BCUT2D eigenvalue weighted by atomic mass is 10.3. The number of hydrogen-bond acceptors (Lipinski definition) is 4. The number of amides is 2. The summed E-state index contributed by atoms with van der Waals surface area (Å²) in [4.78, 5) is 26.2. The summed E-state index contributed by atoms with van der Waals surface area (Å²) in [7, 11) is 1.56. The molecule has 2 amide bonds. The zero-order valence-electron chi connectivity index (χ0n) is 14.9. The number of hydrogen-bond donors (Lipinski definition) is 2. The average Bonchev–Trinajstić information content (AvgIpc) is 3.39. The molecule has 0 spiro atoms. The Kier molecular flexibility index (Phi) is 9.31. The van der Waals surface area contributed by atoms with Gasteiger partial charge in [0, 0.05) is 6.54 Å². The van der Waals surface area contributed by atoms with Gasteiger partial charge < -0.3 is 20.3 Å². The Morgan fingerprint density at radius 3 is 2.64 bits per heavy atom. The van der Waals surface area contributed by atoms with Gasteiger partial charge in [-0.05, 0) is 43.9 Å². The van der Waals surface area contributed by atoms with Crippen LogP contribution in [0.5, 0.6) is 5.75 Å². The quantitative estimate of drug-likeness (QED) is 0.664. The van der Waals surface area contributed by atoms with Gasteiger partial charge in [-0.15, -0.1) is 12.4 Å². The Bertz CT molecular complexity index is 564. The molecule has 1 aliphatic rings. The maximum Gasteiger partial charge on any atom is 0.244 e. The Hall–Kier alpha value is -1.79. The lowest BCUT2D eigenvalue weighted by Crippen LogP contribution is -2.43. The van der Waals surface area contributed by atoms with Crippen LogP contribution in [0.3, 0.4) is 0 Å². The van der Waals surface area contributed by atoms with E-state index in [2.05, 4.69) is 10.6 Å². The van der Waals surface area contributed by atoms with E-state index in [4.69, 9.17) is 4.74 Å². The van der Waals surface area contributed by atoms with Crippen LogP contribution in [0.2, 0.25) is 0 Å². The number of benzene rings is 1. The number of nitrogens with zero attached hydrogens (tertiary/aromatic N) is 1. The van der Waals surface area contributed by atoms with Crippen molar-refractivity contribution in [2.24, 2.45) is 5.92 Å². The zero-order valence-corrected chi connectivity index (χ0v) is 15.7. The SMILES string of the molecule is CCCN(CC(=O)Nc1ccccc1OC)C(=O)CNCC1CC1.Cl. The fourth-order valence-electron chi connectivity index (χ4n) is 2.49. The summed E-state index contributed by atoms with van der Waals surface area (Å²) in [6, 6.07) is 7.23. The molecule has 1 saturated carbocycles. The first-order valence-electron chi connectivity index (χ1n) is 8.55. The maximum absolute atomic E-state index is 12.3. The van der Waals surface area contributed by atoms with E-state index >= 15 is 0 Å². The summed E-state index contributed by atoms with van der Waals surface area (Å²) in [5.74, 6) is 1.08. The number of halogens is 1. The third-order valence-corrected chi connectivity index (χ3v) is 3.97. The van der Waals surface area contributed by atoms with Gasteiger partial charge in [0.1, 0.15) is 5.75 Å². The molecule has 2 rings (SSSR count). The van der Waals surface area contributed by atoms with Crippen LogP contribution < -0.4 is 15.4 Å². The summed E-state index contributed by atoms with van der Waals surface area (Å²) in [6.07, 6.45) is 3.32. The topological polar surface area (TPSA) is 70.7 Å². The molecule has 0 bridgehead atoms. The minimum Gasteiger partial charge on any atom is -0.495 e. The number of ether oxygens (including phenoxy) is 1. The summed E-state index contributed by atoms with van der Waals surface area (Å²) in [5, 5.41) is 6.00. The molecule has 2 N–H and O–H groups in total. The first kappa shape index (κ1) is 21.3. The second-order valence-electron chi connectivity index (χ2n) is 6.14. The summed E-state index contributed by atoms with van der Waals surface area (Å²) < 4.78 is 5.22. The van der Waals surface area contributed by atoms with E-state index < -0.39 is 0 Å². The number of para-hydroxylation sites is 2. The molecule has 0 saturated heterocycles. The van der Waals surface area contributed by atoms with Gasteiger partial charge in [0.05, 0.1) is 25.9 Å². The number of carbonyl (C=O) groups is 2. The minimum absolute atomic E-state index is 0. The second kappa shape index (κ2) is 10.9. The lowest BCUT2D eigenvalue weighted by Gasteiger charge is -2.22. The summed E-state index contributed by atoms with van der Waals surface area (Å²) >= 11 is 0. The van der Waals surface area contributed by atoms with Crippen molar-refractivity contribution in [1.29, 1.82) is 0 Å². The first-order valence-corrected chi connectivity index (χ1v) is 8.55. The van der Waals surface area contributed by atoms with E-state index in [9.17, 15) is 9.59 Å². The van der Waals surface area contributed by atoms with Gasteiger partial charge in [-0.25, -0.2) is 0 Å². The van der Waals surface area contributed by atoms with Gasteiger partial charge in [-0.2, -0.15) is 0 Å². The summed E-state index contributed by atoms with van der Waals surface area (Å²) in [5.41, 5.74) is 0.612. The van der Waals surface area contributed by atoms with Crippen molar-refractivity contribution < 1.29 is 14.3 Å². The highest BCUT2D eigenvalue weighted by molar-refractivity contribution is 5.95. The number of nitrogens with one attached hydrogen (secondary N) is 2. The van der Waals surface area contributed by atoms with Crippen LogP contribution in [0.25, 0.3) is 0 Å². The standard InChI is InChI=1S/C18H27N3O3.ClH/c1-3-10-21(18(23)12-19-11-14-8-9-14)13-17(22)20-15-6-4-5-7-16(15)24-2;/h4-7,14,19H,3,8-13H2,1-2H3,(H,20,22);1H. The molecule has 0 radical (unpaired) electrons. The third kappa shape index (κ3) is 7.32. The van der Waals surface area contributed by atoms with Crippen LogP contribution in [0.1, 0.15) is 26.2 Å². The molecule has 0 atom stereocenters. The molecular formula is C18H28ClN3O3. The highest BCUT2D eigenvalue weighted by atomic mass is 35.5. The van der Waals surface area contributed by atoms with E-state index in [0.717, 1.165) is 18.9 Å². The van der Waals surface area contributed by atoms with Crippen molar-refractivity contribution in [3.63, 3.8) is 0 Å². The molecule has 25 heavy (non-hydrogen) atoms. The minimum atomic E-state index is -0.219. The fraction of sp³-hybridized carbons (Fsp3) is 0.556. The van der Waals surface area contributed by atoms with Crippen LogP contribution in [0, 0.1) is 5.92 Å². The van der Waals surface area contributed by atoms with Gasteiger partial charge >= 0.3 is 0 Å². The van der Waals surface area contributed by atoms with Crippen molar-refractivity contribution >= 4 is 29.9 Å². The van der Waals surface area contributed by atoms with E-state index in [-0.39, 0.29) is 30.8 Å². The molecule has 0 aromatic heterocycles. The monoisotopic (exact) mass is 369 g/mol. The fourth-order valence-corrected chi connectivity index (χ4v) is 2.49. The molecule has 0 unspecified atom stereocenters. The number of anilines is 1. The molecule has 140 valence electrons. The molecule has 1 aromatic rings. The van der Waals surface area contributed by atoms with Crippen molar-refractivity contribution in [2.75, 3.05) is 38.6 Å². The zero-order chi connectivity index (χ0) is 17.4. The molecule has 7 heteroatoms. The molecule has 0 heterocycles. The Labute approximate surface area is 155 Å². The average molecular weight is 370 g/mol. The van der Waals surface area contributed by atoms with Crippen molar-refractivity contribution in [3.05, 3.63) is 24.3 Å². The van der Waals surface area contributed by atoms with E-state index in [1.807, 2.05) is 19.1 Å².